The first kappa shape index (κ1) is 94.1. The third kappa shape index (κ3) is 16.1. The molecule has 8 unspecified atom stereocenters. The summed E-state index contributed by atoms with van der Waals surface area (Å²) in [5, 5.41) is 2.34. The molecule has 28 nitrogen and oxygen atoms in total. The molecule has 142 heavy (non-hydrogen) atoms. The molecule has 8 saturated carbocycles. The van der Waals surface area contributed by atoms with E-state index in [0.717, 1.165) is 224 Å². The van der Waals surface area contributed by atoms with Crippen LogP contribution in [-0.4, -0.2) is 252 Å². The van der Waals surface area contributed by atoms with Gasteiger partial charge in [0.1, 0.15) is 17.2 Å². The molecule has 6 saturated heterocycles. The number of rotatable bonds is 18. The number of benzene rings is 6. The standard InChI is InChI=1S/C38H46N4O5S.C37H44N4O5S.C36H45N5O5S/c1-40-16-6-9-25-20-41(21-33(25)40)37(44)38-19-31(38)30-18-26(47-2)11-15-28(30)35-34(23-7-4-3-5-8-23)29-14-10-24(17-32(29)42(35)22-38)36(43)39-48(45,46)27-12-13-27;1-39-17-24-19-40(20-25(24)18-39)36(43)37-16-31(37)30-15-26(46-2)9-13-28(30)34-33(22-6-4-3-5-7-22)29-12-8-23(14-32(29)41(34)21-37)35(42)38-47(44,45)27-10-11-27;1-38(2)47(44,45)37-34(42)24-11-13-28-31(18-24)41-22-36(35(43)40-17-16-39-15-7-10-25(39)21-40)20-30(36)29-19-26(46-3)12-14-27(29)33(41)32(28)23-8-5-4-6-9-23/h10-11,14-15,17-18,23,25,27,31,33H,3-9,12-13,16,19-22H2,1-2H3,(H,39,43);8-9,12-15,22,24-25,27,31H,3-7,10-11,16-21H2,1-2H3,(H,38,42);11-14,18-19,23,25,30H,4-10,15-17,20-22H2,1-3H3,(H,37,42)/t;;25-,30+,36+/m..1/s1. The molecule has 9 aliphatic heterocycles. The molecule has 3 aromatic heterocycles. The van der Waals surface area contributed by atoms with E-state index in [1.807, 2.05) is 54.6 Å². The van der Waals surface area contributed by atoms with Gasteiger partial charge in [-0.25, -0.2) is 31.0 Å². The average molecular weight is 1990 g/mol. The predicted molar refractivity (Wildman–Crippen MR) is 545 cm³/mol. The maximum absolute atomic E-state index is 14.9. The molecule has 9 aromatic rings. The van der Waals surface area contributed by atoms with Crippen molar-refractivity contribution in [3.05, 3.63) is 159 Å². The summed E-state index contributed by atoms with van der Waals surface area (Å²) in [5.41, 5.74) is 16.3. The maximum atomic E-state index is 14.9. The molecule has 8 aliphatic carbocycles. The van der Waals surface area contributed by atoms with Crippen molar-refractivity contribution < 1.29 is 68.2 Å². The van der Waals surface area contributed by atoms with E-state index in [9.17, 15) is 54.0 Å². The van der Waals surface area contributed by atoms with Crippen LogP contribution in [0.3, 0.4) is 0 Å². The molecule has 12 heterocycles. The zero-order valence-corrected chi connectivity index (χ0v) is 85.5. The van der Waals surface area contributed by atoms with Crippen LogP contribution in [0, 0.1) is 34.0 Å². The summed E-state index contributed by atoms with van der Waals surface area (Å²) in [5.74, 6) is 4.25. The number of carbonyl (C=O) groups is 6. The van der Waals surface area contributed by atoms with Crippen LogP contribution in [0.4, 0.5) is 0 Å². The molecule has 26 rings (SSSR count). The van der Waals surface area contributed by atoms with Crippen LogP contribution in [0.1, 0.15) is 267 Å². The lowest BCUT2D eigenvalue weighted by Crippen LogP contribution is -2.54. The van der Waals surface area contributed by atoms with Crippen molar-refractivity contribution in [3.63, 3.8) is 0 Å². The number of piperazine rings is 1. The van der Waals surface area contributed by atoms with Crippen molar-refractivity contribution in [1.82, 2.24) is 61.6 Å². The summed E-state index contributed by atoms with van der Waals surface area (Å²) in [6.07, 6.45) is 26.8. The number of ether oxygens (including phenoxy) is 3. The molecular formula is C111H135N13O15S3. The highest BCUT2D eigenvalue weighted by Gasteiger charge is 2.68. The number of likely N-dealkylation sites (tertiary alicyclic amines) is 4. The van der Waals surface area contributed by atoms with E-state index in [0.29, 0.717) is 104 Å². The van der Waals surface area contributed by atoms with Crippen LogP contribution in [0.25, 0.3) is 66.5 Å². The van der Waals surface area contributed by atoms with Crippen LogP contribution in [0.2, 0.25) is 0 Å². The first-order valence-corrected chi connectivity index (χ1v) is 57.4. The number of amides is 6. The number of hydrogen-bond acceptors (Lipinski definition) is 18. The SMILES string of the molecule is COc1ccc2c(c1)C1CC1(C(=O)N1CC3CCCN(C)C3C1)Cn1c-2c(C2CCCCC2)c2ccc(C(=O)NS(=O)(=O)C3CC3)cc21.COc1ccc2c(c1)C1CC1(C(=O)N1CC3CN(C)CC3C1)Cn1c-2c(C2CCCCC2)c2ccc(C(=O)NS(=O)(=O)C3CC3)cc21.COc1ccc2c(c1)[C@@H]1C[C@]1(C(=O)N1CCN3CCC[C@@H]3C1)Cn1c-2c(C2CCCCC2)c2ccc(C(=O)NS(=O)(=O)N(C)C)cc21. The third-order valence-electron chi connectivity index (χ3n) is 36.9. The van der Waals surface area contributed by atoms with Gasteiger partial charge < -0.3 is 52.4 Å². The Labute approximate surface area is 833 Å². The highest BCUT2D eigenvalue weighted by molar-refractivity contribution is 7.91. The normalized spacial score (nSPS) is 27.8. The Morgan fingerprint density at radius 1 is 0.373 bits per heavy atom. The number of hydrogen-bond donors (Lipinski definition) is 3. The van der Waals surface area contributed by atoms with Gasteiger partial charge in [-0.2, -0.15) is 12.7 Å². The van der Waals surface area contributed by atoms with Gasteiger partial charge in [-0.3, -0.25) is 33.7 Å². The third-order valence-corrected chi connectivity index (χ3v) is 41.9. The van der Waals surface area contributed by atoms with E-state index in [-0.39, 0.29) is 41.0 Å². The Kier molecular flexibility index (Phi) is 23.6. The molecule has 31 heteroatoms. The molecule has 11 atom stereocenters. The van der Waals surface area contributed by atoms with E-state index in [1.165, 1.54) is 125 Å². The minimum absolute atomic E-state index is 0.0765. The van der Waals surface area contributed by atoms with E-state index in [2.05, 4.69) is 108 Å². The number of fused-ring (bicyclic) bond motifs is 24. The Hall–Kier alpha value is -10.2. The van der Waals surface area contributed by atoms with E-state index in [4.69, 9.17) is 14.2 Å². The van der Waals surface area contributed by atoms with Crippen LogP contribution < -0.4 is 28.4 Å². The number of piperidine rings is 1. The summed E-state index contributed by atoms with van der Waals surface area (Å²) in [7, 11) is 0.921. The zero-order valence-electron chi connectivity index (χ0n) is 83.0. The number of likely N-dealkylation sites (N-methyl/N-ethyl adjacent to an activating group) is 1. The summed E-state index contributed by atoms with van der Waals surface area (Å²) in [4.78, 5) is 98.5. The second kappa shape index (κ2) is 35.6. The molecule has 17 aliphatic rings. The van der Waals surface area contributed by atoms with Gasteiger partial charge in [0.05, 0.1) is 65.2 Å². The number of methoxy groups -OCH3 is 3. The van der Waals surface area contributed by atoms with Crippen LogP contribution in [0.5, 0.6) is 17.2 Å². The summed E-state index contributed by atoms with van der Waals surface area (Å²) in [6.45, 7) is 11.6. The van der Waals surface area contributed by atoms with Crippen molar-refractivity contribution in [3.8, 4) is 51.0 Å². The van der Waals surface area contributed by atoms with Crippen LogP contribution in [0.15, 0.2) is 109 Å². The fourth-order valence-electron chi connectivity index (χ4n) is 28.9. The lowest BCUT2D eigenvalue weighted by molar-refractivity contribution is -0.140. The number of nitrogens with zero attached hydrogens (tertiary/aromatic N) is 10. The van der Waals surface area contributed by atoms with Gasteiger partial charge in [0.15, 0.2) is 0 Å². The topological polar surface area (TPSA) is 306 Å². The average Bonchev–Trinajstić information content (AvgIpc) is 1.53. The Morgan fingerprint density at radius 3 is 1.13 bits per heavy atom. The van der Waals surface area contributed by atoms with Gasteiger partial charge in [0, 0.05) is 189 Å². The monoisotopic (exact) mass is 1990 g/mol. The second-order valence-corrected chi connectivity index (χ2v) is 51.4. The van der Waals surface area contributed by atoms with Crippen LogP contribution >= 0.6 is 0 Å². The lowest BCUT2D eigenvalue weighted by atomic mass is 9.81. The minimum atomic E-state index is -3.96. The maximum Gasteiger partial charge on any atom is 0.303 e. The first-order chi connectivity index (χ1) is 68.5. The number of nitrogens with one attached hydrogen (secondary N) is 3. The molecule has 0 radical (unpaired) electrons. The number of aromatic nitrogens is 3. The Morgan fingerprint density at radius 2 is 0.746 bits per heavy atom. The van der Waals surface area contributed by atoms with Gasteiger partial charge in [-0.1, -0.05) is 76.0 Å². The molecule has 752 valence electrons. The zero-order chi connectivity index (χ0) is 97.9. The summed E-state index contributed by atoms with van der Waals surface area (Å²) < 4.78 is 108. The van der Waals surface area contributed by atoms with Gasteiger partial charge in [0.2, 0.25) is 37.8 Å². The first-order valence-electron chi connectivity index (χ1n) is 52.9. The molecule has 3 N–H and O–H groups in total. The second-order valence-electron chi connectivity index (χ2n) is 45.6. The Balaban J connectivity index is 0.000000115. The van der Waals surface area contributed by atoms with Crippen molar-refractivity contribution in [2.24, 2.45) is 34.0 Å². The van der Waals surface area contributed by atoms with Gasteiger partial charge >= 0.3 is 10.2 Å². The fourth-order valence-corrected chi connectivity index (χ4v) is 32.1. The summed E-state index contributed by atoms with van der Waals surface area (Å²) in [6, 6.07) is 36.9. The molecule has 14 fully saturated rings. The van der Waals surface area contributed by atoms with Crippen LogP contribution in [-0.2, 0) is 64.3 Å². The quantitative estimate of drug-likeness (QED) is 0.0719. The predicted octanol–water partition coefficient (Wildman–Crippen LogP) is 15.4. The largest absolute Gasteiger partial charge is 0.497 e. The summed E-state index contributed by atoms with van der Waals surface area (Å²) >= 11 is 0. The molecule has 0 spiro atoms. The van der Waals surface area contributed by atoms with Crippen molar-refractivity contribution in [2.45, 2.75) is 245 Å². The minimum Gasteiger partial charge on any atom is -0.497 e. The van der Waals surface area contributed by atoms with Crippen molar-refractivity contribution in [1.29, 1.82) is 0 Å². The highest BCUT2D eigenvalue weighted by atomic mass is 32.2. The van der Waals surface area contributed by atoms with Gasteiger partial charge in [0.25, 0.3) is 17.7 Å². The fraction of sp³-hybridized carbons (Fsp3) is 0.568. The molecular weight excluding hydrogens is 1850 g/mol. The van der Waals surface area contributed by atoms with Gasteiger partial charge in [-0.05, 0) is 296 Å². The van der Waals surface area contributed by atoms with Crippen molar-refractivity contribution in [2.75, 3.05) is 122 Å². The Bertz CT molecular complexity index is 7050. The smallest absolute Gasteiger partial charge is 0.303 e. The van der Waals surface area contributed by atoms with Gasteiger partial charge in [-0.15, -0.1) is 0 Å². The molecule has 6 aromatic carbocycles. The highest BCUT2D eigenvalue weighted by Crippen LogP contribution is 2.70. The van der Waals surface area contributed by atoms with Crippen molar-refractivity contribution >= 4 is 98.4 Å². The lowest BCUT2D eigenvalue weighted by Gasteiger charge is -2.39. The number of sulfonamides is 2. The number of carbonyl (C=O) groups excluding carboxylic acids is 6. The molecule has 0 bridgehead atoms. The molecule has 6 amide bonds. The van der Waals surface area contributed by atoms with E-state index >= 15 is 0 Å². The van der Waals surface area contributed by atoms with E-state index < -0.39 is 74.7 Å². The van der Waals surface area contributed by atoms with E-state index in [1.54, 1.807) is 39.5 Å².